The van der Waals surface area contributed by atoms with Crippen molar-refractivity contribution in [3.05, 3.63) is 51.9 Å². The summed E-state index contributed by atoms with van der Waals surface area (Å²) in [5.74, 6) is 0.131. The molecule has 0 saturated heterocycles. The van der Waals surface area contributed by atoms with Gasteiger partial charge in [0.25, 0.3) is 0 Å². The second-order valence-electron chi connectivity index (χ2n) is 4.67. The van der Waals surface area contributed by atoms with Crippen LogP contribution in [0.1, 0.15) is 24.3 Å². The van der Waals surface area contributed by atoms with Crippen LogP contribution in [0.3, 0.4) is 0 Å². The second kappa shape index (κ2) is 7.54. The quantitative estimate of drug-likeness (QED) is 0.780. The molecule has 1 unspecified atom stereocenters. The molecule has 0 aliphatic carbocycles. The van der Waals surface area contributed by atoms with Gasteiger partial charge in [0.1, 0.15) is 18.4 Å². The van der Waals surface area contributed by atoms with Crippen molar-refractivity contribution in [2.24, 2.45) is 0 Å². The third kappa shape index (κ3) is 4.66. The molecule has 118 valence electrons. The molecular formula is C15H15Cl2NO4. The Morgan fingerprint density at radius 1 is 1.32 bits per heavy atom. The smallest absolute Gasteiger partial charge is 0.302 e. The molecular weight excluding hydrogens is 329 g/mol. The summed E-state index contributed by atoms with van der Waals surface area (Å²) in [6.45, 7) is 1.26. The molecule has 0 aliphatic heterocycles. The first-order valence-corrected chi connectivity index (χ1v) is 7.27. The van der Waals surface area contributed by atoms with E-state index in [0.717, 1.165) is 0 Å². The standard InChI is InChI=1S/C15H15Cl2NO4/c1-9(20)21-8-14(15-2-10(6-19)7-22-15)18-13-4-11(16)3-12(17)5-13/h2-5,7,14,18-19H,6,8H2,1H3. The topological polar surface area (TPSA) is 71.7 Å². The molecule has 0 radical (unpaired) electrons. The Kier molecular flexibility index (Phi) is 5.71. The fraction of sp³-hybridized carbons (Fsp3) is 0.267. The Balaban J connectivity index is 2.21. The number of nitrogens with one attached hydrogen (secondary N) is 1. The number of aliphatic hydroxyl groups is 1. The molecule has 1 aromatic carbocycles. The van der Waals surface area contributed by atoms with Crippen LogP contribution in [-0.4, -0.2) is 17.7 Å². The number of furan rings is 1. The molecule has 1 heterocycles. The molecule has 0 aliphatic rings. The summed E-state index contributed by atoms with van der Waals surface area (Å²) in [6.07, 6.45) is 1.45. The highest BCUT2D eigenvalue weighted by molar-refractivity contribution is 6.35. The number of carbonyl (C=O) groups excluding carboxylic acids is 1. The van der Waals surface area contributed by atoms with Crippen LogP contribution in [-0.2, 0) is 16.1 Å². The fourth-order valence-corrected chi connectivity index (χ4v) is 2.42. The van der Waals surface area contributed by atoms with Gasteiger partial charge in [-0.15, -0.1) is 0 Å². The summed E-state index contributed by atoms with van der Waals surface area (Å²) in [5, 5.41) is 13.2. The molecule has 5 nitrogen and oxygen atoms in total. The van der Waals surface area contributed by atoms with Crippen LogP contribution < -0.4 is 5.32 Å². The monoisotopic (exact) mass is 343 g/mol. The number of aliphatic hydroxyl groups excluding tert-OH is 1. The SMILES string of the molecule is CC(=O)OCC(Nc1cc(Cl)cc(Cl)c1)c1cc(CO)co1. The maximum absolute atomic E-state index is 11.0. The van der Waals surface area contributed by atoms with Crippen LogP contribution in [0.2, 0.25) is 10.0 Å². The van der Waals surface area contributed by atoms with Crippen LogP contribution in [0.4, 0.5) is 5.69 Å². The molecule has 7 heteroatoms. The predicted molar refractivity (Wildman–Crippen MR) is 84.1 cm³/mol. The number of halogens is 2. The molecule has 0 bridgehead atoms. The number of hydrogen-bond donors (Lipinski definition) is 2. The van der Waals surface area contributed by atoms with E-state index in [1.54, 1.807) is 24.3 Å². The summed E-state index contributed by atoms with van der Waals surface area (Å²) in [6, 6.07) is 6.27. The van der Waals surface area contributed by atoms with Crippen LogP contribution >= 0.6 is 23.2 Å². The van der Waals surface area contributed by atoms with Gasteiger partial charge in [-0.25, -0.2) is 0 Å². The number of ether oxygens (including phenoxy) is 1. The first kappa shape index (κ1) is 16.7. The predicted octanol–water partition coefficient (Wildman–Crippen LogP) is 3.80. The van der Waals surface area contributed by atoms with Gasteiger partial charge >= 0.3 is 5.97 Å². The molecule has 0 spiro atoms. The molecule has 1 atom stereocenters. The van der Waals surface area contributed by atoms with Gasteiger partial charge in [-0.2, -0.15) is 0 Å². The normalized spacial score (nSPS) is 12.0. The largest absolute Gasteiger partial charge is 0.467 e. The van der Waals surface area contributed by atoms with Crippen molar-refractivity contribution in [1.82, 2.24) is 0 Å². The van der Waals surface area contributed by atoms with Gasteiger partial charge in [-0.05, 0) is 24.3 Å². The van der Waals surface area contributed by atoms with E-state index >= 15 is 0 Å². The minimum absolute atomic E-state index is 0.0673. The maximum Gasteiger partial charge on any atom is 0.302 e. The highest BCUT2D eigenvalue weighted by atomic mass is 35.5. The Hall–Kier alpha value is -1.69. The van der Waals surface area contributed by atoms with Crippen molar-refractivity contribution in [3.8, 4) is 0 Å². The lowest BCUT2D eigenvalue weighted by molar-refractivity contribution is -0.141. The van der Waals surface area contributed by atoms with Gasteiger partial charge in [0.2, 0.25) is 0 Å². The number of benzene rings is 1. The minimum atomic E-state index is -0.432. The fourth-order valence-electron chi connectivity index (χ4n) is 1.89. The zero-order chi connectivity index (χ0) is 16.1. The zero-order valence-corrected chi connectivity index (χ0v) is 13.3. The summed E-state index contributed by atoms with van der Waals surface area (Å²) in [7, 11) is 0. The molecule has 2 aromatic rings. The number of esters is 1. The van der Waals surface area contributed by atoms with Crippen molar-refractivity contribution >= 4 is 34.9 Å². The highest BCUT2D eigenvalue weighted by Crippen LogP contribution is 2.27. The van der Waals surface area contributed by atoms with E-state index in [-0.39, 0.29) is 13.2 Å². The van der Waals surface area contributed by atoms with E-state index < -0.39 is 12.0 Å². The Bertz CT molecular complexity index is 636. The average molecular weight is 344 g/mol. The van der Waals surface area contributed by atoms with E-state index in [2.05, 4.69) is 5.32 Å². The lowest BCUT2D eigenvalue weighted by atomic mass is 10.2. The van der Waals surface area contributed by atoms with Crippen LogP contribution in [0.5, 0.6) is 0 Å². The van der Waals surface area contributed by atoms with Crippen molar-refractivity contribution in [2.75, 3.05) is 11.9 Å². The van der Waals surface area contributed by atoms with Crippen molar-refractivity contribution in [3.63, 3.8) is 0 Å². The number of anilines is 1. The van der Waals surface area contributed by atoms with E-state index in [4.69, 9.17) is 37.5 Å². The number of rotatable bonds is 6. The molecule has 2 N–H and O–H groups in total. The van der Waals surface area contributed by atoms with Crippen molar-refractivity contribution < 1.29 is 19.1 Å². The molecule has 2 rings (SSSR count). The average Bonchev–Trinajstić information content (AvgIpc) is 2.91. The van der Waals surface area contributed by atoms with Gasteiger partial charge in [0.15, 0.2) is 0 Å². The van der Waals surface area contributed by atoms with Gasteiger partial charge in [-0.3, -0.25) is 4.79 Å². The van der Waals surface area contributed by atoms with Crippen molar-refractivity contribution in [1.29, 1.82) is 0 Å². The molecule has 0 fully saturated rings. The lowest BCUT2D eigenvalue weighted by Crippen LogP contribution is -2.18. The zero-order valence-electron chi connectivity index (χ0n) is 11.8. The first-order valence-electron chi connectivity index (χ1n) is 6.52. The number of carbonyl (C=O) groups is 1. The summed E-state index contributed by atoms with van der Waals surface area (Å²) in [4.78, 5) is 11.0. The van der Waals surface area contributed by atoms with E-state index in [0.29, 0.717) is 27.1 Å². The van der Waals surface area contributed by atoms with Crippen LogP contribution in [0.15, 0.2) is 34.9 Å². The van der Waals surface area contributed by atoms with Gasteiger partial charge in [0.05, 0.1) is 12.9 Å². The van der Waals surface area contributed by atoms with Gasteiger partial charge in [0, 0.05) is 28.2 Å². The van der Waals surface area contributed by atoms with Crippen LogP contribution in [0.25, 0.3) is 0 Å². The second-order valence-corrected chi connectivity index (χ2v) is 5.55. The third-order valence-electron chi connectivity index (χ3n) is 2.86. The summed E-state index contributed by atoms with van der Waals surface area (Å²) >= 11 is 11.9. The van der Waals surface area contributed by atoms with E-state index in [1.807, 2.05) is 0 Å². The number of hydrogen-bond acceptors (Lipinski definition) is 5. The highest BCUT2D eigenvalue weighted by Gasteiger charge is 2.18. The third-order valence-corrected chi connectivity index (χ3v) is 3.29. The van der Waals surface area contributed by atoms with Gasteiger partial charge < -0.3 is 19.6 Å². The maximum atomic E-state index is 11.0. The molecule has 22 heavy (non-hydrogen) atoms. The molecule has 1 aromatic heterocycles. The minimum Gasteiger partial charge on any atom is -0.467 e. The molecule has 0 amide bonds. The summed E-state index contributed by atoms with van der Waals surface area (Å²) in [5.41, 5.74) is 1.30. The Morgan fingerprint density at radius 3 is 2.55 bits per heavy atom. The lowest BCUT2D eigenvalue weighted by Gasteiger charge is -2.18. The van der Waals surface area contributed by atoms with E-state index in [1.165, 1.54) is 13.2 Å². The Labute approximate surface area is 137 Å². The van der Waals surface area contributed by atoms with E-state index in [9.17, 15) is 4.79 Å². The van der Waals surface area contributed by atoms with Crippen molar-refractivity contribution in [2.45, 2.75) is 19.6 Å². The van der Waals surface area contributed by atoms with Gasteiger partial charge in [-0.1, -0.05) is 23.2 Å². The Morgan fingerprint density at radius 2 is 2.00 bits per heavy atom. The molecule has 0 saturated carbocycles. The first-order chi connectivity index (χ1) is 10.5. The van der Waals surface area contributed by atoms with Crippen LogP contribution in [0, 0.1) is 0 Å². The summed E-state index contributed by atoms with van der Waals surface area (Å²) < 4.78 is 10.4.